The molecule has 1 amide bonds. The van der Waals surface area contributed by atoms with Crippen molar-refractivity contribution in [1.82, 2.24) is 19.2 Å². The fourth-order valence-corrected chi connectivity index (χ4v) is 4.60. The van der Waals surface area contributed by atoms with E-state index in [-0.39, 0.29) is 11.6 Å². The second-order valence-electron chi connectivity index (χ2n) is 8.34. The third kappa shape index (κ3) is 4.38. The molecule has 5 rings (SSSR count). The highest BCUT2D eigenvalue weighted by Gasteiger charge is 2.27. The van der Waals surface area contributed by atoms with Gasteiger partial charge < -0.3 is 14.4 Å². The molecule has 0 unspecified atom stereocenters. The van der Waals surface area contributed by atoms with Gasteiger partial charge in [0, 0.05) is 51.6 Å². The molecule has 0 aliphatic carbocycles. The van der Waals surface area contributed by atoms with Gasteiger partial charge in [0.15, 0.2) is 0 Å². The van der Waals surface area contributed by atoms with Crippen molar-refractivity contribution in [2.24, 2.45) is 7.05 Å². The van der Waals surface area contributed by atoms with Gasteiger partial charge >= 0.3 is 0 Å². The summed E-state index contributed by atoms with van der Waals surface area (Å²) in [4.78, 5) is 28.5. The van der Waals surface area contributed by atoms with E-state index in [1.165, 1.54) is 16.8 Å². The average Bonchev–Trinajstić information content (AvgIpc) is 3.50. The number of anilines is 1. The Labute approximate surface area is 206 Å². The summed E-state index contributed by atoms with van der Waals surface area (Å²) >= 11 is 6.36. The molecule has 2 aromatic carbocycles. The average molecular weight is 491 g/mol. The predicted molar refractivity (Wildman–Crippen MR) is 134 cm³/mol. The molecule has 1 aliphatic heterocycles. The third-order valence-electron chi connectivity index (χ3n) is 6.18. The number of non-ortho nitro benzene ring substituents is 1. The summed E-state index contributed by atoms with van der Waals surface area (Å²) in [6.07, 6.45) is 1.90. The molecular formula is C25H23ClN6O3. The normalized spacial score (nSPS) is 13.8. The standard InChI is InChI=1S/C25H23ClN6O3/c1-28-11-5-10-23(28)21-17-24(31(27-21)18-6-4-7-19(16-18)32(34)35)25(33)30-14-12-29(13-15-30)22-9-3-2-8-20(22)26/h2-11,16-17H,12-15H2,1H3. The molecule has 0 radical (unpaired) electrons. The number of piperazine rings is 1. The van der Waals surface area contributed by atoms with Gasteiger partial charge in [0.25, 0.3) is 11.6 Å². The molecule has 0 bridgehead atoms. The fourth-order valence-electron chi connectivity index (χ4n) is 4.34. The van der Waals surface area contributed by atoms with Gasteiger partial charge in [-0.3, -0.25) is 14.9 Å². The molecule has 1 aliphatic rings. The van der Waals surface area contributed by atoms with Crippen molar-refractivity contribution in [1.29, 1.82) is 0 Å². The second kappa shape index (κ2) is 9.27. The quantitative estimate of drug-likeness (QED) is 0.305. The van der Waals surface area contributed by atoms with E-state index in [9.17, 15) is 14.9 Å². The van der Waals surface area contributed by atoms with E-state index in [2.05, 4.69) is 10.00 Å². The number of carbonyl (C=O) groups is 1. The van der Waals surface area contributed by atoms with E-state index in [1.807, 2.05) is 54.2 Å². The molecule has 10 heteroatoms. The number of nitro benzene ring substituents is 1. The number of rotatable bonds is 5. The maximum absolute atomic E-state index is 13.7. The first kappa shape index (κ1) is 22.7. The van der Waals surface area contributed by atoms with Crippen LogP contribution in [0.25, 0.3) is 17.1 Å². The summed E-state index contributed by atoms with van der Waals surface area (Å²) in [5.74, 6) is -0.178. The maximum Gasteiger partial charge on any atom is 0.272 e. The molecular weight excluding hydrogens is 468 g/mol. The van der Waals surface area contributed by atoms with Crippen LogP contribution in [0.2, 0.25) is 5.02 Å². The Kier molecular flexibility index (Phi) is 6.00. The SMILES string of the molecule is Cn1cccc1-c1cc(C(=O)N2CCN(c3ccccc3Cl)CC2)n(-c2cccc([N+](=O)[O-])c2)n1. The van der Waals surface area contributed by atoms with Gasteiger partial charge in [-0.05, 0) is 36.4 Å². The third-order valence-corrected chi connectivity index (χ3v) is 6.50. The number of aryl methyl sites for hydroxylation is 1. The van der Waals surface area contributed by atoms with Crippen LogP contribution in [-0.2, 0) is 7.05 Å². The smallest absolute Gasteiger partial charge is 0.272 e. The lowest BCUT2D eigenvalue weighted by Crippen LogP contribution is -2.49. The van der Waals surface area contributed by atoms with Crippen LogP contribution in [0.4, 0.5) is 11.4 Å². The van der Waals surface area contributed by atoms with Crippen LogP contribution in [-0.4, -0.2) is 56.3 Å². The van der Waals surface area contributed by atoms with Crippen molar-refractivity contribution in [3.63, 3.8) is 0 Å². The highest BCUT2D eigenvalue weighted by molar-refractivity contribution is 6.33. The summed E-state index contributed by atoms with van der Waals surface area (Å²) < 4.78 is 3.41. The van der Waals surface area contributed by atoms with E-state index >= 15 is 0 Å². The molecule has 4 aromatic rings. The van der Waals surface area contributed by atoms with E-state index < -0.39 is 4.92 Å². The second-order valence-corrected chi connectivity index (χ2v) is 8.75. The monoisotopic (exact) mass is 490 g/mol. The predicted octanol–water partition coefficient (Wildman–Crippen LogP) is 4.40. The first-order valence-corrected chi connectivity index (χ1v) is 11.6. The van der Waals surface area contributed by atoms with Gasteiger partial charge in [0.1, 0.15) is 11.4 Å². The van der Waals surface area contributed by atoms with Crippen molar-refractivity contribution in [3.05, 3.63) is 93.8 Å². The minimum atomic E-state index is -0.458. The topological polar surface area (TPSA) is 89.4 Å². The Bertz CT molecular complexity index is 1400. The number of amides is 1. The summed E-state index contributed by atoms with van der Waals surface area (Å²) in [6.45, 7) is 2.32. The van der Waals surface area contributed by atoms with Crippen molar-refractivity contribution in [2.75, 3.05) is 31.1 Å². The maximum atomic E-state index is 13.7. The summed E-state index contributed by atoms with van der Waals surface area (Å²) in [5.41, 5.74) is 3.15. The zero-order valence-corrected chi connectivity index (χ0v) is 19.8. The van der Waals surface area contributed by atoms with Gasteiger partial charge in [-0.15, -0.1) is 0 Å². The molecule has 0 N–H and O–H groups in total. The number of halogens is 1. The van der Waals surface area contributed by atoms with Gasteiger partial charge in [-0.25, -0.2) is 4.68 Å². The van der Waals surface area contributed by atoms with Gasteiger partial charge in [0.2, 0.25) is 0 Å². The molecule has 9 nitrogen and oxygen atoms in total. The molecule has 1 saturated heterocycles. The van der Waals surface area contributed by atoms with Gasteiger partial charge in [-0.1, -0.05) is 29.8 Å². The van der Waals surface area contributed by atoms with Crippen molar-refractivity contribution < 1.29 is 9.72 Å². The van der Waals surface area contributed by atoms with E-state index in [1.54, 1.807) is 23.1 Å². The molecule has 3 heterocycles. The lowest BCUT2D eigenvalue weighted by atomic mass is 10.2. The lowest BCUT2D eigenvalue weighted by molar-refractivity contribution is -0.384. The minimum Gasteiger partial charge on any atom is -0.367 e. The first-order valence-electron chi connectivity index (χ1n) is 11.2. The summed E-state index contributed by atoms with van der Waals surface area (Å²) in [7, 11) is 1.90. The zero-order valence-electron chi connectivity index (χ0n) is 19.0. The Morgan fingerprint density at radius 1 is 1.00 bits per heavy atom. The Morgan fingerprint density at radius 2 is 1.77 bits per heavy atom. The van der Waals surface area contributed by atoms with E-state index in [0.717, 1.165) is 11.4 Å². The van der Waals surface area contributed by atoms with Crippen LogP contribution < -0.4 is 4.90 Å². The molecule has 0 saturated carbocycles. The van der Waals surface area contributed by atoms with Crippen LogP contribution >= 0.6 is 11.6 Å². The molecule has 0 spiro atoms. The van der Waals surface area contributed by atoms with Gasteiger partial charge in [0.05, 0.1) is 27.0 Å². The van der Waals surface area contributed by atoms with Crippen LogP contribution in [0.1, 0.15) is 10.5 Å². The molecule has 178 valence electrons. The van der Waals surface area contributed by atoms with Crippen molar-refractivity contribution >= 4 is 28.9 Å². The Morgan fingerprint density at radius 3 is 2.46 bits per heavy atom. The highest BCUT2D eigenvalue weighted by Crippen LogP contribution is 2.28. The van der Waals surface area contributed by atoms with Crippen LogP contribution in [0.3, 0.4) is 0 Å². The number of carbonyl (C=O) groups excluding carboxylic acids is 1. The number of para-hydroxylation sites is 1. The number of hydrogen-bond acceptors (Lipinski definition) is 5. The minimum absolute atomic E-state index is 0.0647. The van der Waals surface area contributed by atoms with Crippen LogP contribution in [0.15, 0.2) is 72.9 Å². The Hall–Kier alpha value is -4.11. The van der Waals surface area contributed by atoms with Gasteiger partial charge in [-0.2, -0.15) is 5.10 Å². The number of aromatic nitrogens is 3. The van der Waals surface area contributed by atoms with E-state index in [4.69, 9.17) is 11.6 Å². The van der Waals surface area contributed by atoms with Crippen LogP contribution in [0.5, 0.6) is 0 Å². The highest BCUT2D eigenvalue weighted by atomic mass is 35.5. The van der Waals surface area contributed by atoms with Crippen molar-refractivity contribution in [2.45, 2.75) is 0 Å². The molecule has 35 heavy (non-hydrogen) atoms. The van der Waals surface area contributed by atoms with Crippen molar-refractivity contribution in [3.8, 4) is 17.1 Å². The largest absolute Gasteiger partial charge is 0.367 e. The number of hydrogen-bond donors (Lipinski definition) is 0. The lowest BCUT2D eigenvalue weighted by Gasteiger charge is -2.36. The number of nitrogens with zero attached hydrogens (tertiary/aromatic N) is 6. The molecule has 0 atom stereocenters. The number of benzene rings is 2. The first-order chi connectivity index (χ1) is 16.9. The summed E-state index contributed by atoms with van der Waals surface area (Å²) in [6, 6.07) is 19.4. The zero-order chi connectivity index (χ0) is 24.5. The number of nitro groups is 1. The van der Waals surface area contributed by atoms with Crippen LogP contribution in [0, 0.1) is 10.1 Å². The molecule has 2 aromatic heterocycles. The van der Waals surface area contributed by atoms with E-state index in [0.29, 0.717) is 48.3 Å². The fraction of sp³-hybridized carbons (Fsp3) is 0.200. The Balaban J connectivity index is 1.47. The summed E-state index contributed by atoms with van der Waals surface area (Å²) in [5, 5.41) is 16.7. The molecule has 1 fully saturated rings.